The Hall–Kier alpha value is -2.40. The van der Waals surface area contributed by atoms with E-state index in [1.54, 1.807) is 11.8 Å². The minimum Gasteiger partial charge on any atom is -0.443 e. The van der Waals surface area contributed by atoms with Crippen LogP contribution in [-0.2, 0) is 11.2 Å². The lowest BCUT2D eigenvalue weighted by Crippen LogP contribution is -2.60. The van der Waals surface area contributed by atoms with Crippen molar-refractivity contribution in [1.82, 2.24) is 10.2 Å². The second-order valence-electron chi connectivity index (χ2n) is 7.59. The van der Waals surface area contributed by atoms with E-state index in [0.717, 1.165) is 27.3 Å². The van der Waals surface area contributed by atoms with E-state index in [1.807, 2.05) is 60.9 Å². The maximum atomic E-state index is 10.4. The second kappa shape index (κ2) is 10.0. The average molecular weight is 459 g/mol. The van der Waals surface area contributed by atoms with Gasteiger partial charge in [0.05, 0.1) is 12.3 Å². The number of rotatable bonds is 7. The summed E-state index contributed by atoms with van der Waals surface area (Å²) in [5, 5.41) is 47.2. The molecule has 1 aliphatic heterocycles. The molecule has 2 aromatic carbocycles. The molecule has 0 radical (unpaired) electrons. The number of aliphatic hydroxyl groups is 4. The van der Waals surface area contributed by atoms with Crippen LogP contribution in [0.3, 0.4) is 0 Å². The first-order valence-corrected chi connectivity index (χ1v) is 11.5. The summed E-state index contributed by atoms with van der Waals surface area (Å²) in [5.74, 6) is 0.210. The average Bonchev–Trinajstić information content (AvgIpc) is 3.22. The lowest BCUT2D eigenvalue weighted by molar-refractivity contribution is -0.278. The highest BCUT2D eigenvalue weighted by Gasteiger charge is 2.45. The number of nitrogens with zero attached hydrogens (tertiary/aromatic N) is 1. The zero-order valence-corrected chi connectivity index (χ0v) is 18.3. The fraction of sp³-hybridized carbons (Fsp3) is 0.348. The van der Waals surface area contributed by atoms with E-state index in [4.69, 9.17) is 9.47 Å². The number of aromatic amines is 1. The SMILES string of the molecule is CSc1ccc(Cc2c(O[C@@H]3O[C@H](CO)[C@@H](O)[C@H](O)[C@H]3O)n[nH]c2-c2ccccc2)cc1. The van der Waals surface area contributed by atoms with Crippen molar-refractivity contribution in [2.45, 2.75) is 42.0 Å². The summed E-state index contributed by atoms with van der Waals surface area (Å²) in [7, 11) is 0. The molecule has 32 heavy (non-hydrogen) atoms. The van der Waals surface area contributed by atoms with Crippen LogP contribution < -0.4 is 4.74 Å². The van der Waals surface area contributed by atoms with Crippen LogP contribution in [0.15, 0.2) is 59.5 Å². The van der Waals surface area contributed by atoms with Gasteiger partial charge in [-0.25, -0.2) is 0 Å². The van der Waals surface area contributed by atoms with Crippen molar-refractivity contribution in [2.24, 2.45) is 0 Å². The first kappa shape index (κ1) is 22.8. The molecule has 0 amide bonds. The second-order valence-corrected chi connectivity index (χ2v) is 8.47. The van der Waals surface area contributed by atoms with E-state index >= 15 is 0 Å². The van der Waals surface area contributed by atoms with Crippen molar-refractivity contribution in [1.29, 1.82) is 0 Å². The predicted octanol–water partition coefficient (Wildman–Crippen LogP) is 1.57. The van der Waals surface area contributed by atoms with Crippen molar-refractivity contribution >= 4 is 11.8 Å². The number of aromatic nitrogens is 2. The lowest BCUT2D eigenvalue weighted by Gasteiger charge is -2.39. The van der Waals surface area contributed by atoms with Crippen LogP contribution in [0.2, 0.25) is 0 Å². The molecule has 0 unspecified atom stereocenters. The van der Waals surface area contributed by atoms with Gasteiger partial charge >= 0.3 is 0 Å². The summed E-state index contributed by atoms with van der Waals surface area (Å²) < 4.78 is 11.4. The fourth-order valence-electron chi connectivity index (χ4n) is 3.68. The fourth-order valence-corrected chi connectivity index (χ4v) is 4.08. The molecule has 0 saturated carbocycles. The molecule has 3 aromatic rings. The molecule has 2 heterocycles. The molecule has 1 fully saturated rings. The van der Waals surface area contributed by atoms with E-state index in [-0.39, 0.29) is 5.88 Å². The number of H-pyrrole nitrogens is 1. The summed E-state index contributed by atoms with van der Waals surface area (Å²) in [6, 6.07) is 17.8. The molecule has 8 nitrogen and oxygen atoms in total. The standard InChI is InChI=1S/C23H26N2O6S/c1-32-15-9-7-13(8-10-15)11-16-18(14-5-3-2-4-6-14)24-25-22(16)31-23-21(29)20(28)19(27)17(12-26)30-23/h2-10,17,19-21,23,26-29H,11-12H2,1H3,(H,24,25)/t17-,19-,20+,21-,23+/m1/s1. The summed E-state index contributed by atoms with van der Waals surface area (Å²) in [4.78, 5) is 1.15. The molecular weight excluding hydrogens is 432 g/mol. The van der Waals surface area contributed by atoms with E-state index < -0.39 is 37.3 Å². The first-order chi connectivity index (χ1) is 15.5. The molecule has 1 aliphatic rings. The van der Waals surface area contributed by atoms with Crippen LogP contribution in [0.1, 0.15) is 11.1 Å². The summed E-state index contributed by atoms with van der Waals surface area (Å²) in [5.41, 5.74) is 3.48. The van der Waals surface area contributed by atoms with Crippen molar-refractivity contribution < 1.29 is 29.9 Å². The Balaban J connectivity index is 1.66. The lowest BCUT2D eigenvalue weighted by atomic mass is 9.99. The van der Waals surface area contributed by atoms with Gasteiger partial charge in [0.25, 0.3) is 0 Å². The molecule has 0 aliphatic carbocycles. The molecule has 5 N–H and O–H groups in total. The van der Waals surface area contributed by atoms with Crippen LogP contribution in [-0.4, -0.2) is 74.2 Å². The largest absolute Gasteiger partial charge is 0.443 e. The smallest absolute Gasteiger partial charge is 0.239 e. The highest BCUT2D eigenvalue weighted by atomic mass is 32.2. The summed E-state index contributed by atoms with van der Waals surface area (Å²) in [6.45, 7) is -0.532. The number of thioether (sulfide) groups is 1. The van der Waals surface area contributed by atoms with Crippen molar-refractivity contribution in [3.05, 3.63) is 65.7 Å². The third-order valence-corrected chi connectivity index (χ3v) is 6.25. The predicted molar refractivity (Wildman–Crippen MR) is 119 cm³/mol. The van der Waals surface area contributed by atoms with Gasteiger partial charge in [-0.3, -0.25) is 5.10 Å². The van der Waals surface area contributed by atoms with Gasteiger partial charge < -0.3 is 29.9 Å². The Labute approximate surface area is 189 Å². The minimum absolute atomic E-state index is 0.210. The third kappa shape index (κ3) is 4.68. The molecule has 1 aromatic heterocycles. The van der Waals surface area contributed by atoms with Gasteiger partial charge in [-0.1, -0.05) is 42.5 Å². The van der Waals surface area contributed by atoms with Crippen molar-refractivity contribution in [3.63, 3.8) is 0 Å². The number of hydrogen-bond donors (Lipinski definition) is 5. The highest BCUT2D eigenvalue weighted by molar-refractivity contribution is 7.98. The molecule has 1 saturated heterocycles. The molecule has 170 valence electrons. The number of ether oxygens (including phenoxy) is 2. The van der Waals surface area contributed by atoms with Gasteiger partial charge in [0.15, 0.2) is 0 Å². The van der Waals surface area contributed by atoms with Crippen LogP contribution in [0.4, 0.5) is 0 Å². The summed E-state index contributed by atoms with van der Waals surface area (Å²) >= 11 is 1.66. The first-order valence-electron chi connectivity index (χ1n) is 10.2. The maximum absolute atomic E-state index is 10.4. The molecule has 0 bridgehead atoms. The Morgan fingerprint density at radius 1 is 1.00 bits per heavy atom. The number of aliphatic hydroxyl groups excluding tert-OH is 4. The topological polar surface area (TPSA) is 128 Å². The van der Waals surface area contributed by atoms with E-state index in [9.17, 15) is 20.4 Å². The minimum atomic E-state index is -1.53. The molecule has 9 heteroatoms. The Kier molecular flexibility index (Phi) is 7.14. The molecule has 5 atom stereocenters. The van der Waals surface area contributed by atoms with Crippen LogP contribution >= 0.6 is 11.8 Å². The maximum Gasteiger partial charge on any atom is 0.239 e. The van der Waals surface area contributed by atoms with E-state index in [1.165, 1.54) is 0 Å². The molecule has 4 rings (SSSR count). The molecular formula is C23H26N2O6S. The quantitative estimate of drug-likeness (QED) is 0.338. The number of benzene rings is 2. The molecule has 0 spiro atoms. The van der Waals surface area contributed by atoms with Crippen LogP contribution in [0.25, 0.3) is 11.3 Å². The van der Waals surface area contributed by atoms with Gasteiger partial charge in [-0.2, -0.15) is 0 Å². The number of nitrogens with one attached hydrogen (secondary N) is 1. The Morgan fingerprint density at radius 2 is 1.72 bits per heavy atom. The van der Waals surface area contributed by atoms with E-state index in [0.29, 0.717) is 6.42 Å². The van der Waals surface area contributed by atoms with Crippen LogP contribution in [0.5, 0.6) is 5.88 Å². The Morgan fingerprint density at radius 3 is 2.38 bits per heavy atom. The number of hydrogen-bond acceptors (Lipinski definition) is 8. The van der Waals surface area contributed by atoms with Gasteiger partial charge in [-0.15, -0.1) is 16.9 Å². The van der Waals surface area contributed by atoms with E-state index in [2.05, 4.69) is 10.2 Å². The van der Waals surface area contributed by atoms with Gasteiger partial charge in [0.1, 0.15) is 24.4 Å². The van der Waals surface area contributed by atoms with Gasteiger partial charge in [0, 0.05) is 16.9 Å². The van der Waals surface area contributed by atoms with Crippen LogP contribution in [0, 0.1) is 0 Å². The normalized spacial score (nSPS) is 25.6. The Bertz CT molecular complexity index is 1010. The van der Waals surface area contributed by atoms with Crippen molar-refractivity contribution in [2.75, 3.05) is 12.9 Å². The highest BCUT2D eigenvalue weighted by Crippen LogP contribution is 2.33. The zero-order chi connectivity index (χ0) is 22.7. The monoisotopic (exact) mass is 458 g/mol. The zero-order valence-electron chi connectivity index (χ0n) is 17.5. The van der Waals surface area contributed by atoms with Gasteiger partial charge in [-0.05, 0) is 29.5 Å². The van der Waals surface area contributed by atoms with Crippen molar-refractivity contribution in [3.8, 4) is 17.1 Å². The summed E-state index contributed by atoms with van der Waals surface area (Å²) in [6.07, 6.45) is -4.35. The third-order valence-electron chi connectivity index (χ3n) is 5.51. The van der Waals surface area contributed by atoms with Gasteiger partial charge in [0.2, 0.25) is 12.2 Å².